The van der Waals surface area contributed by atoms with E-state index in [0.717, 1.165) is 21.8 Å². The summed E-state index contributed by atoms with van der Waals surface area (Å²) in [5.74, 6) is 0.00876. The molecule has 0 unspecified atom stereocenters. The zero-order valence-electron chi connectivity index (χ0n) is 20.7. The number of aromatic nitrogens is 2. The van der Waals surface area contributed by atoms with Gasteiger partial charge in [0.05, 0.1) is 17.6 Å². The van der Waals surface area contributed by atoms with E-state index in [-0.39, 0.29) is 11.5 Å². The Morgan fingerprint density at radius 3 is 2.81 bits per heavy atom. The normalized spacial score (nSPS) is 11.2. The van der Waals surface area contributed by atoms with Gasteiger partial charge in [0.2, 0.25) is 5.95 Å². The van der Waals surface area contributed by atoms with E-state index in [1.807, 2.05) is 44.3 Å². The zero-order chi connectivity index (χ0) is 26.2. The lowest BCUT2D eigenvalue weighted by Gasteiger charge is -2.13. The van der Waals surface area contributed by atoms with Gasteiger partial charge in [-0.2, -0.15) is 5.10 Å². The van der Waals surface area contributed by atoms with Gasteiger partial charge in [-0.05, 0) is 43.6 Å². The Labute approximate surface area is 218 Å². The first-order chi connectivity index (χ1) is 18.0. The molecule has 0 radical (unpaired) electrons. The Kier molecular flexibility index (Phi) is 8.76. The molecule has 4 aromatic rings. The van der Waals surface area contributed by atoms with Gasteiger partial charge in [-0.3, -0.25) is 5.01 Å². The molecular formula is C27H28F2N6OS. The average molecular weight is 523 g/mol. The van der Waals surface area contributed by atoms with E-state index >= 15 is 0 Å². The largest absolute Gasteiger partial charge is 0.492 e. The Bertz CT molecular complexity index is 1410. The lowest BCUT2D eigenvalue weighted by Crippen LogP contribution is -2.20. The molecule has 2 N–H and O–H groups in total. The van der Waals surface area contributed by atoms with Crippen LogP contribution in [0.1, 0.15) is 6.92 Å². The summed E-state index contributed by atoms with van der Waals surface area (Å²) in [6, 6.07) is 12.1. The monoisotopic (exact) mass is 522 g/mol. The molecule has 2 aromatic carbocycles. The van der Waals surface area contributed by atoms with Crippen LogP contribution in [0.3, 0.4) is 0 Å². The molecule has 0 fully saturated rings. The summed E-state index contributed by atoms with van der Waals surface area (Å²) in [6.07, 6.45) is 4.82. The van der Waals surface area contributed by atoms with E-state index in [1.54, 1.807) is 17.3 Å². The molecule has 37 heavy (non-hydrogen) atoms. The van der Waals surface area contributed by atoms with E-state index in [4.69, 9.17) is 4.74 Å². The number of benzene rings is 2. The SMILES string of the molecule is C=NN(/C=C\C)CCNc1ncc(F)c(-c2cc3cccc(-c4cc(F)ccc4OCCNC)c3s2)n1. The molecule has 0 aliphatic heterocycles. The molecule has 0 atom stereocenters. The van der Waals surface area contributed by atoms with Crippen molar-refractivity contribution in [2.75, 3.05) is 38.6 Å². The van der Waals surface area contributed by atoms with Crippen molar-refractivity contribution in [2.24, 2.45) is 5.10 Å². The molecule has 10 heteroatoms. The number of allylic oxidation sites excluding steroid dienone is 1. The lowest BCUT2D eigenvalue weighted by molar-refractivity contribution is 0.319. The summed E-state index contributed by atoms with van der Waals surface area (Å²) in [6.45, 7) is 7.56. The number of hydrogen-bond acceptors (Lipinski definition) is 8. The molecule has 0 saturated carbocycles. The van der Waals surface area contributed by atoms with Gasteiger partial charge in [0.25, 0.3) is 0 Å². The van der Waals surface area contributed by atoms with Crippen LogP contribution in [0.15, 0.2) is 66.0 Å². The van der Waals surface area contributed by atoms with Gasteiger partial charge in [0.15, 0.2) is 5.82 Å². The van der Waals surface area contributed by atoms with E-state index in [0.29, 0.717) is 48.4 Å². The topological polar surface area (TPSA) is 74.7 Å². The van der Waals surface area contributed by atoms with Crippen molar-refractivity contribution in [3.8, 4) is 27.4 Å². The van der Waals surface area contributed by atoms with Gasteiger partial charge >= 0.3 is 0 Å². The third-order valence-corrected chi connectivity index (χ3v) is 6.68. The minimum absolute atomic E-state index is 0.196. The first-order valence-corrected chi connectivity index (χ1v) is 12.6. The fraction of sp³-hybridized carbons (Fsp3) is 0.222. The number of anilines is 1. The van der Waals surface area contributed by atoms with E-state index < -0.39 is 5.82 Å². The van der Waals surface area contributed by atoms with Crippen LogP contribution < -0.4 is 15.4 Å². The summed E-state index contributed by atoms with van der Waals surface area (Å²) >= 11 is 1.39. The number of nitrogens with zero attached hydrogens (tertiary/aromatic N) is 4. The van der Waals surface area contributed by atoms with Crippen molar-refractivity contribution >= 4 is 34.1 Å². The van der Waals surface area contributed by atoms with Crippen molar-refractivity contribution in [1.29, 1.82) is 0 Å². The Hall–Kier alpha value is -3.89. The van der Waals surface area contributed by atoms with Crippen LogP contribution in [0.5, 0.6) is 5.75 Å². The molecule has 2 aromatic heterocycles. The zero-order valence-corrected chi connectivity index (χ0v) is 21.5. The first kappa shape index (κ1) is 26.2. The van der Waals surface area contributed by atoms with Crippen molar-refractivity contribution < 1.29 is 13.5 Å². The van der Waals surface area contributed by atoms with Crippen LogP contribution in [0.4, 0.5) is 14.7 Å². The summed E-state index contributed by atoms with van der Waals surface area (Å²) in [5.41, 5.74) is 1.64. The maximum absolute atomic E-state index is 14.8. The highest BCUT2D eigenvalue weighted by molar-refractivity contribution is 7.22. The summed E-state index contributed by atoms with van der Waals surface area (Å²) in [7, 11) is 1.84. The minimum Gasteiger partial charge on any atom is -0.492 e. The molecule has 0 amide bonds. The second-order valence-electron chi connectivity index (χ2n) is 8.03. The number of thiophene rings is 1. The Balaban J connectivity index is 1.66. The number of halogens is 2. The molecule has 0 aliphatic carbocycles. The standard InChI is InChI=1S/C27H28F2N6OS/c1-4-12-35(31-3)13-10-32-27-33-17-22(29)25(34-27)24-15-18-6-5-7-20(26(18)37-24)21-16-19(28)8-9-23(21)36-14-11-30-2/h4-9,12,15-17,30H,3,10-11,13-14H2,1-2H3,(H,32,33,34)/b12-4-. The predicted molar refractivity (Wildman–Crippen MR) is 147 cm³/mol. The van der Waals surface area contributed by atoms with Gasteiger partial charge in [-0.15, -0.1) is 11.3 Å². The molecule has 0 spiro atoms. The maximum atomic E-state index is 14.8. The van der Waals surface area contributed by atoms with E-state index in [1.165, 1.54) is 23.5 Å². The fourth-order valence-corrected chi connectivity index (χ4v) is 4.94. The van der Waals surface area contributed by atoms with Crippen molar-refractivity contribution in [1.82, 2.24) is 20.3 Å². The van der Waals surface area contributed by atoms with Crippen molar-refractivity contribution in [2.45, 2.75) is 6.92 Å². The van der Waals surface area contributed by atoms with Crippen LogP contribution >= 0.6 is 11.3 Å². The van der Waals surface area contributed by atoms with E-state index in [9.17, 15) is 8.78 Å². The quantitative estimate of drug-likeness (QED) is 0.140. The third kappa shape index (κ3) is 6.28. The van der Waals surface area contributed by atoms with Gasteiger partial charge in [0, 0.05) is 41.8 Å². The number of hydrazone groups is 1. The molecule has 0 aliphatic rings. The fourth-order valence-electron chi connectivity index (χ4n) is 3.77. The van der Waals surface area contributed by atoms with Gasteiger partial charge in [-0.1, -0.05) is 24.3 Å². The second-order valence-corrected chi connectivity index (χ2v) is 9.08. The molecule has 4 rings (SSSR count). The van der Waals surface area contributed by atoms with Gasteiger partial charge in [0.1, 0.15) is 23.9 Å². The number of hydrogen-bond donors (Lipinski definition) is 2. The van der Waals surface area contributed by atoms with E-state index in [2.05, 4.69) is 32.4 Å². The smallest absolute Gasteiger partial charge is 0.223 e. The lowest BCUT2D eigenvalue weighted by atomic mass is 10.0. The Morgan fingerprint density at radius 2 is 2.03 bits per heavy atom. The van der Waals surface area contributed by atoms with Gasteiger partial charge in [-0.25, -0.2) is 18.7 Å². The number of likely N-dealkylation sites (N-methyl/N-ethyl adjacent to an activating group) is 1. The highest BCUT2D eigenvalue weighted by atomic mass is 32.1. The number of nitrogens with one attached hydrogen (secondary N) is 2. The number of rotatable bonds is 12. The first-order valence-electron chi connectivity index (χ1n) is 11.8. The van der Waals surface area contributed by atoms with Crippen LogP contribution in [0.25, 0.3) is 31.8 Å². The van der Waals surface area contributed by atoms with Crippen LogP contribution in [0, 0.1) is 11.6 Å². The average Bonchev–Trinajstić information content (AvgIpc) is 3.34. The van der Waals surface area contributed by atoms with Crippen LogP contribution in [-0.4, -0.2) is 55.0 Å². The number of ether oxygens (including phenoxy) is 1. The molecular weight excluding hydrogens is 494 g/mol. The summed E-state index contributed by atoms with van der Waals surface area (Å²) in [5, 5.41) is 12.6. The summed E-state index contributed by atoms with van der Waals surface area (Å²) < 4.78 is 35.9. The van der Waals surface area contributed by atoms with Crippen molar-refractivity contribution in [3.63, 3.8) is 0 Å². The van der Waals surface area contributed by atoms with Crippen molar-refractivity contribution in [3.05, 3.63) is 72.6 Å². The highest BCUT2D eigenvalue weighted by Crippen LogP contribution is 2.42. The second kappa shape index (κ2) is 12.4. The molecule has 192 valence electrons. The van der Waals surface area contributed by atoms with Crippen LogP contribution in [-0.2, 0) is 0 Å². The highest BCUT2D eigenvalue weighted by Gasteiger charge is 2.17. The van der Waals surface area contributed by atoms with Gasteiger partial charge < -0.3 is 15.4 Å². The number of fused-ring (bicyclic) bond motifs is 1. The predicted octanol–water partition coefficient (Wildman–Crippen LogP) is 5.76. The van der Waals surface area contributed by atoms with Crippen LogP contribution in [0.2, 0.25) is 0 Å². The minimum atomic E-state index is -0.524. The molecule has 0 bridgehead atoms. The molecule has 7 nitrogen and oxygen atoms in total. The molecule has 0 saturated heterocycles. The maximum Gasteiger partial charge on any atom is 0.223 e. The third-order valence-electron chi connectivity index (χ3n) is 5.49. The summed E-state index contributed by atoms with van der Waals surface area (Å²) in [4.78, 5) is 9.14. The molecule has 2 heterocycles. The Morgan fingerprint density at radius 1 is 1.16 bits per heavy atom.